The highest BCUT2D eigenvalue weighted by atomic mass is 16.1. The molecule has 0 spiro atoms. The molecule has 2 rings (SSSR count). The van der Waals surface area contributed by atoms with Gasteiger partial charge in [-0.25, -0.2) is 0 Å². The van der Waals surface area contributed by atoms with E-state index < -0.39 is 0 Å². The molecular formula is C14H19N3O. The molecule has 18 heavy (non-hydrogen) atoms. The van der Waals surface area contributed by atoms with E-state index >= 15 is 0 Å². The third-order valence-electron chi connectivity index (χ3n) is 3.25. The van der Waals surface area contributed by atoms with E-state index in [1.807, 2.05) is 13.1 Å². The zero-order chi connectivity index (χ0) is 13.3. The monoisotopic (exact) mass is 245 g/mol. The Bertz CT molecular complexity index is 599. The van der Waals surface area contributed by atoms with Crippen LogP contribution in [0.3, 0.4) is 0 Å². The van der Waals surface area contributed by atoms with Crippen molar-refractivity contribution in [1.29, 1.82) is 0 Å². The quantitative estimate of drug-likeness (QED) is 0.724. The standard InChI is InChI=1S/C14H19N3O/c1-8-6-9(2)14-12(13(8)15)11(7-17-14)4-5-16-10(3)18/h6-7,17H,4-5,15H2,1-3H3,(H,16,18). The summed E-state index contributed by atoms with van der Waals surface area (Å²) < 4.78 is 0. The number of rotatable bonds is 3. The first-order valence-corrected chi connectivity index (χ1v) is 6.10. The fourth-order valence-corrected chi connectivity index (χ4v) is 2.33. The van der Waals surface area contributed by atoms with Gasteiger partial charge in [-0.2, -0.15) is 0 Å². The molecule has 0 atom stereocenters. The molecule has 0 unspecified atom stereocenters. The molecule has 0 bridgehead atoms. The predicted octanol–water partition coefficient (Wildman–Crippen LogP) is 2.05. The van der Waals surface area contributed by atoms with Crippen molar-refractivity contribution in [3.05, 3.63) is 29.0 Å². The van der Waals surface area contributed by atoms with Gasteiger partial charge in [0.15, 0.2) is 0 Å². The number of hydrogen-bond donors (Lipinski definition) is 3. The molecule has 2 aromatic rings. The summed E-state index contributed by atoms with van der Waals surface area (Å²) in [7, 11) is 0. The first-order chi connectivity index (χ1) is 8.50. The Kier molecular flexibility index (Phi) is 3.28. The molecule has 0 saturated carbocycles. The fourth-order valence-electron chi connectivity index (χ4n) is 2.33. The van der Waals surface area contributed by atoms with Gasteiger partial charge in [-0.15, -0.1) is 0 Å². The first-order valence-electron chi connectivity index (χ1n) is 6.10. The third kappa shape index (κ3) is 2.18. The van der Waals surface area contributed by atoms with Crippen molar-refractivity contribution < 1.29 is 4.79 Å². The summed E-state index contributed by atoms with van der Waals surface area (Å²) in [5, 5.41) is 3.90. The van der Waals surface area contributed by atoms with Crippen LogP contribution in [0.5, 0.6) is 0 Å². The summed E-state index contributed by atoms with van der Waals surface area (Å²) in [4.78, 5) is 14.1. The second kappa shape index (κ2) is 4.72. The Labute approximate surface area is 107 Å². The van der Waals surface area contributed by atoms with Gasteiger partial charge in [0.2, 0.25) is 5.91 Å². The van der Waals surface area contributed by atoms with E-state index in [9.17, 15) is 4.79 Å². The Morgan fingerprint density at radius 1 is 1.39 bits per heavy atom. The molecule has 4 heteroatoms. The molecule has 0 aliphatic heterocycles. The van der Waals surface area contributed by atoms with Gasteiger partial charge in [0, 0.05) is 30.7 Å². The van der Waals surface area contributed by atoms with Crippen LogP contribution in [-0.4, -0.2) is 17.4 Å². The lowest BCUT2D eigenvalue weighted by Crippen LogP contribution is -2.22. The number of aryl methyl sites for hydroxylation is 2. The summed E-state index contributed by atoms with van der Waals surface area (Å²) in [5.74, 6) is -0.00447. The highest BCUT2D eigenvalue weighted by molar-refractivity contribution is 5.97. The average molecular weight is 245 g/mol. The van der Waals surface area contributed by atoms with Crippen molar-refractivity contribution in [2.24, 2.45) is 0 Å². The van der Waals surface area contributed by atoms with Gasteiger partial charge in [0.1, 0.15) is 0 Å². The van der Waals surface area contributed by atoms with Crippen LogP contribution in [0.4, 0.5) is 5.69 Å². The van der Waals surface area contributed by atoms with Gasteiger partial charge >= 0.3 is 0 Å². The molecule has 1 aromatic carbocycles. The number of aromatic amines is 1. The average Bonchev–Trinajstić information content (AvgIpc) is 2.70. The summed E-state index contributed by atoms with van der Waals surface area (Å²) in [5.41, 5.74) is 11.5. The molecule has 4 N–H and O–H groups in total. The van der Waals surface area contributed by atoms with Crippen molar-refractivity contribution in [3.63, 3.8) is 0 Å². The summed E-state index contributed by atoms with van der Waals surface area (Å²) in [6.07, 6.45) is 2.77. The maximum absolute atomic E-state index is 10.9. The number of H-pyrrole nitrogens is 1. The molecule has 1 amide bonds. The Morgan fingerprint density at radius 3 is 2.78 bits per heavy atom. The second-order valence-electron chi connectivity index (χ2n) is 4.72. The molecular weight excluding hydrogens is 226 g/mol. The molecule has 0 aliphatic rings. The third-order valence-corrected chi connectivity index (χ3v) is 3.25. The van der Waals surface area contributed by atoms with Crippen molar-refractivity contribution in [2.75, 3.05) is 12.3 Å². The number of nitrogens with one attached hydrogen (secondary N) is 2. The zero-order valence-corrected chi connectivity index (χ0v) is 11.1. The van der Waals surface area contributed by atoms with Crippen LogP contribution in [0.25, 0.3) is 10.9 Å². The molecule has 1 aromatic heterocycles. The number of anilines is 1. The molecule has 0 fully saturated rings. The van der Waals surface area contributed by atoms with Gasteiger partial charge in [-0.1, -0.05) is 6.07 Å². The van der Waals surface area contributed by atoms with Gasteiger partial charge in [-0.05, 0) is 37.0 Å². The van der Waals surface area contributed by atoms with Crippen LogP contribution < -0.4 is 11.1 Å². The van der Waals surface area contributed by atoms with Crippen LogP contribution in [0.1, 0.15) is 23.6 Å². The maximum Gasteiger partial charge on any atom is 0.216 e. The van der Waals surface area contributed by atoms with Crippen LogP contribution in [0, 0.1) is 13.8 Å². The smallest absolute Gasteiger partial charge is 0.216 e. The number of nitrogens with two attached hydrogens (primary N) is 1. The van der Waals surface area contributed by atoms with Gasteiger partial charge in [0.05, 0.1) is 5.52 Å². The van der Waals surface area contributed by atoms with Crippen molar-refractivity contribution in [1.82, 2.24) is 10.3 Å². The van der Waals surface area contributed by atoms with Crippen molar-refractivity contribution >= 4 is 22.5 Å². The number of hydrogen-bond acceptors (Lipinski definition) is 2. The molecule has 0 aliphatic carbocycles. The maximum atomic E-state index is 10.9. The number of nitrogen functional groups attached to an aromatic ring is 1. The minimum atomic E-state index is -0.00447. The van der Waals surface area contributed by atoms with E-state index in [1.54, 1.807) is 0 Å². The Hall–Kier alpha value is -1.97. The van der Waals surface area contributed by atoms with E-state index in [4.69, 9.17) is 5.73 Å². The highest BCUT2D eigenvalue weighted by Crippen LogP contribution is 2.30. The topological polar surface area (TPSA) is 70.9 Å². The van der Waals surface area contributed by atoms with Crippen LogP contribution in [0.15, 0.2) is 12.3 Å². The summed E-state index contributed by atoms with van der Waals surface area (Å²) >= 11 is 0. The Morgan fingerprint density at radius 2 is 2.11 bits per heavy atom. The van der Waals surface area contributed by atoms with E-state index in [2.05, 4.69) is 23.3 Å². The number of amides is 1. The van der Waals surface area contributed by atoms with E-state index in [0.717, 1.165) is 34.1 Å². The van der Waals surface area contributed by atoms with Gasteiger partial charge < -0.3 is 16.0 Å². The summed E-state index contributed by atoms with van der Waals surface area (Å²) in [6.45, 7) is 6.25. The molecule has 96 valence electrons. The minimum Gasteiger partial charge on any atom is -0.398 e. The number of carbonyl (C=O) groups excluding carboxylic acids is 1. The lowest BCUT2D eigenvalue weighted by molar-refractivity contribution is -0.118. The largest absolute Gasteiger partial charge is 0.398 e. The fraction of sp³-hybridized carbons (Fsp3) is 0.357. The predicted molar refractivity (Wildman–Crippen MR) is 74.6 cm³/mol. The Balaban J connectivity index is 2.37. The normalized spacial score (nSPS) is 10.8. The number of benzene rings is 1. The van der Waals surface area contributed by atoms with Gasteiger partial charge in [0.25, 0.3) is 0 Å². The summed E-state index contributed by atoms with van der Waals surface area (Å²) in [6, 6.07) is 2.09. The molecule has 1 heterocycles. The first kappa shape index (κ1) is 12.5. The number of fused-ring (bicyclic) bond motifs is 1. The van der Waals surface area contributed by atoms with E-state index in [0.29, 0.717) is 6.54 Å². The molecule has 4 nitrogen and oxygen atoms in total. The van der Waals surface area contributed by atoms with Crippen molar-refractivity contribution in [2.45, 2.75) is 27.2 Å². The van der Waals surface area contributed by atoms with Crippen LogP contribution >= 0.6 is 0 Å². The second-order valence-corrected chi connectivity index (χ2v) is 4.72. The zero-order valence-electron chi connectivity index (χ0n) is 11.1. The van der Waals surface area contributed by atoms with Gasteiger partial charge in [-0.3, -0.25) is 4.79 Å². The minimum absolute atomic E-state index is 0.00447. The van der Waals surface area contributed by atoms with Crippen LogP contribution in [-0.2, 0) is 11.2 Å². The molecule has 0 radical (unpaired) electrons. The lowest BCUT2D eigenvalue weighted by Gasteiger charge is -2.07. The van der Waals surface area contributed by atoms with Crippen molar-refractivity contribution in [3.8, 4) is 0 Å². The number of carbonyl (C=O) groups is 1. The highest BCUT2D eigenvalue weighted by Gasteiger charge is 2.11. The van der Waals surface area contributed by atoms with Crippen LogP contribution in [0.2, 0.25) is 0 Å². The molecule has 0 saturated heterocycles. The lowest BCUT2D eigenvalue weighted by atomic mass is 10.0. The number of aromatic nitrogens is 1. The van der Waals surface area contributed by atoms with E-state index in [1.165, 1.54) is 12.5 Å². The SMILES string of the molecule is CC(=O)NCCc1c[nH]c2c(C)cc(C)c(N)c12. The van der Waals surface area contributed by atoms with E-state index in [-0.39, 0.29) is 5.91 Å².